The van der Waals surface area contributed by atoms with Gasteiger partial charge in [0, 0.05) is 30.6 Å². The standard InChI is InChI=1S/C13H13N3O2/c14-13(11-2-1-7-15-9-11)8-10-3-5-12(6-4-10)16(17)18/h1-7,9,13H,8,14H2. The van der Waals surface area contributed by atoms with Gasteiger partial charge in [-0.3, -0.25) is 15.1 Å². The largest absolute Gasteiger partial charge is 0.324 e. The average Bonchev–Trinajstić information content (AvgIpc) is 2.40. The highest BCUT2D eigenvalue weighted by Crippen LogP contribution is 2.17. The fourth-order valence-electron chi connectivity index (χ4n) is 1.72. The van der Waals surface area contributed by atoms with E-state index in [2.05, 4.69) is 4.98 Å². The summed E-state index contributed by atoms with van der Waals surface area (Å²) in [5.74, 6) is 0. The lowest BCUT2D eigenvalue weighted by atomic mass is 10.0. The quantitative estimate of drug-likeness (QED) is 0.659. The van der Waals surface area contributed by atoms with Gasteiger partial charge < -0.3 is 5.73 Å². The van der Waals surface area contributed by atoms with Crippen molar-refractivity contribution >= 4 is 5.69 Å². The molecule has 1 aromatic heterocycles. The van der Waals surface area contributed by atoms with Gasteiger partial charge in [-0.05, 0) is 23.6 Å². The first kappa shape index (κ1) is 12.2. The molecule has 0 saturated carbocycles. The second kappa shape index (κ2) is 5.37. The van der Waals surface area contributed by atoms with E-state index in [0.717, 1.165) is 11.1 Å². The summed E-state index contributed by atoms with van der Waals surface area (Å²) in [6.07, 6.45) is 4.06. The molecule has 0 aliphatic heterocycles. The number of aromatic nitrogens is 1. The molecule has 18 heavy (non-hydrogen) atoms. The van der Waals surface area contributed by atoms with Crippen molar-refractivity contribution in [3.8, 4) is 0 Å². The SMILES string of the molecule is NC(Cc1ccc([N+](=O)[O-])cc1)c1cccnc1. The summed E-state index contributed by atoms with van der Waals surface area (Å²) in [6, 6.07) is 10.0. The highest BCUT2D eigenvalue weighted by atomic mass is 16.6. The van der Waals surface area contributed by atoms with E-state index in [4.69, 9.17) is 5.73 Å². The lowest BCUT2D eigenvalue weighted by Gasteiger charge is -2.11. The summed E-state index contributed by atoms with van der Waals surface area (Å²) in [7, 11) is 0. The molecule has 1 unspecified atom stereocenters. The number of hydrogen-bond acceptors (Lipinski definition) is 4. The molecule has 5 heteroatoms. The molecule has 0 aliphatic carbocycles. The van der Waals surface area contributed by atoms with Gasteiger partial charge in [0.05, 0.1) is 4.92 Å². The van der Waals surface area contributed by atoms with Gasteiger partial charge in [0.1, 0.15) is 0 Å². The molecule has 0 spiro atoms. The molecule has 1 atom stereocenters. The smallest absolute Gasteiger partial charge is 0.269 e. The third-order valence-electron chi connectivity index (χ3n) is 2.72. The Bertz CT molecular complexity index is 526. The Balaban J connectivity index is 2.08. The molecule has 5 nitrogen and oxygen atoms in total. The second-order valence-corrected chi connectivity index (χ2v) is 4.02. The van der Waals surface area contributed by atoms with Crippen molar-refractivity contribution in [3.05, 3.63) is 70.0 Å². The summed E-state index contributed by atoms with van der Waals surface area (Å²) in [4.78, 5) is 14.1. The van der Waals surface area contributed by atoms with Crippen LogP contribution in [0.3, 0.4) is 0 Å². The lowest BCUT2D eigenvalue weighted by Crippen LogP contribution is -2.13. The van der Waals surface area contributed by atoms with Crippen LogP contribution in [0.2, 0.25) is 0 Å². The summed E-state index contributed by atoms with van der Waals surface area (Å²) in [6.45, 7) is 0. The summed E-state index contributed by atoms with van der Waals surface area (Å²) < 4.78 is 0. The van der Waals surface area contributed by atoms with Gasteiger partial charge in [-0.1, -0.05) is 18.2 Å². The second-order valence-electron chi connectivity index (χ2n) is 4.02. The summed E-state index contributed by atoms with van der Waals surface area (Å²) in [5, 5.41) is 10.5. The minimum atomic E-state index is -0.412. The maximum absolute atomic E-state index is 10.5. The first-order valence-corrected chi connectivity index (χ1v) is 5.55. The number of benzene rings is 1. The van der Waals surface area contributed by atoms with Gasteiger partial charge in [-0.2, -0.15) is 0 Å². The average molecular weight is 243 g/mol. The molecule has 0 bridgehead atoms. The lowest BCUT2D eigenvalue weighted by molar-refractivity contribution is -0.384. The highest BCUT2D eigenvalue weighted by Gasteiger charge is 2.09. The monoisotopic (exact) mass is 243 g/mol. The third-order valence-corrected chi connectivity index (χ3v) is 2.72. The van der Waals surface area contributed by atoms with Crippen molar-refractivity contribution in [2.75, 3.05) is 0 Å². The molecule has 0 aliphatic rings. The van der Waals surface area contributed by atoms with Crippen LogP contribution in [0, 0.1) is 10.1 Å². The Hall–Kier alpha value is -2.27. The molecule has 1 aromatic carbocycles. The van der Waals surface area contributed by atoms with Crippen molar-refractivity contribution in [2.45, 2.75) is 12.5 Å². The third kappa shape index (κ3) is 2.89. The van der Waals surface area contributed by atoms with Crippen LogP contribution in [0.5, 0.6) is 0 Å². The Morgan fingerprint density at radius 1 is 1.28 bits per heavy atom. The molecular weight excluding hydrogens is 230 g/mol. The van der Waals surface area contributed by atoms with Gasteiger partial charge >= 0.3 is 0 Å². The summed E-state index contributed by atoms with van der Waals surface area (Å²) in [5.41, 5.74) is 8.07. The fourth-order valence-corrected chi connectivity index (χ4v) is 1.72. The number of rotatable bonds is 4. The van der Waals surface area contributed by atoms with Crippen LogP contribution in [-0.2, 0) is 6.42 Å². The zero-order valence-corrected chi connectivity index (χ0v) is 9.69. The van der Waals surface area contributed by atoms with E-state index in [1.165, 1.54) is 12.1 Å². The minimum absolute atomic E-state index is 0.0914. The highest BCUT2D eigenvalue weighted by molar-refractivity contribution is 5.33. The van der Waals surface area contributed by atoms with Crippen LogP contribution >= 0.6 is 0 Å². The molecule has 0 saturated heterocycles. The van der Waals surface area contributed by atoms with E-state index in [-0.39, 0.29) is 11.7 Å². The molecule has 0 radical (unpaired) electrons. The Kier molecular flexibility index (Phi) is 3.64. The predicted octanol–water partition coefficient (Wildman–Crippen LogP) is 2.23. The number of pyridine rings is 1. The van der Waals surface area contributed by atoms with Crippen molar-refractivity contribution in [1.82, 2.24) is 4.98 Å². The number of nitro groups is 1. The van der Waals surface area contributed by atoms with E-state index < -0.39 is 4.92 Å². The Labute approximate surface area is 104 Å². The molecule has 2 rings (SSSR count). The predicted molar refractivity (Wildman–Crippen MR) is 68.0 cm³/mol. The van der Waals surface area contributed by atoms with Gasteiger partial charge in [0.15, 0.2) is 0 Å². The Morgan fingerprint density at radius 3 is 2.56 bits per heavy atom. The molecule has 2 aromatic rings. The Morgan fingerprint density at radius 2 is 2.00 bits per heavy atom. The number of non-ortho nitro benzene ring substituents is 1. The first-order valence-electron chi connectivity index (χ1n) is 5.55. The van der Waals surface area contributed by atoms with Crippen molar-refractivity contribution in [2.24, 2.45) is 5.73 Å². The van der Waals surface area contributed by atoms with Gasteiger partial charge in [0.25, 0.3) is 5.69 Å². The zero-order valence-electron chi connectivity index (χ0n) is 9.69. The zero-order chi connectivity index (χ0) is 13.0. The molecule has 2 N–H and O–H groups in total. The van der Waals surface area contributed by atoms with Crippen LogP contribution in [-0.4, -0.2) is 9.91 Å². The van der Waals surface area contributed by atoms with Crippen LogP contribution < -0.4 is 5.73 Å². The maximum Gasteiger partial charge on any atom is 0.269 e. The number of hydrogen-bond donors (Lipinski definition) is 1. The van der Waals surface area contributed by atoms with Crippen LogP contribution in [0.1, 0.15) is 17.2 Å². The molecular formula is C13H13N3O2. The number of nitrogens with zero attached hydrogens (tertiary/aromatic N) is 2. The molecule has 0 amide bonds. The van der Waals surface area contributed by atoms with Crippen LogP contribution in [0.4, 0.5) is 5.69 Å². The number of nitrogens with two attached hydrogens (primary N) is 1. The van der Waals surface area contributed by atoms with Gasteiger partial charge in [-0.15, -0.1) is 0 Å². The minimum Gasteiger partial charge on any atom is -0.324 e. The molecule has 1 heterocycles. The normalized spacial score (nSPS) is 12.1. The van der Waals surface area contributed by atoms with E-state index >= 15 is 0 Å². The van der Waals surface area contributed by atoms with E-state index in [0.29, 0.717) is 6.42 Å². The van der Waals surface area contributed by atoms with Gasteiger partial charge in [-0.25, -0.2) is 0 Å². The van der Waals surface area contributed by atoms with Crippen LogP contribution in [0.25, 0.3) is 0 Å². The number of nitro benzene ring substituents is 1. The van der Waals surface area contributed by atoms with Crippen molar-refractivity contribution in [1.29, 1.82) is 0 Å². The first-order chi connectivity index (χ1) is 8.66. The molecule has 0 fully saturated rings. The summed E-state index contributed by atoms with van der Waals surface area (Å²) >= 11 is 0. The van der Waals surface area contributed by atoms with E-state index in [1.807, 2.05) is 12.1 Å². The van der Waals surface area contributed by atoms with Gasteiger partial charge in [0.2, 0.25) is 0 Å². The van der Waals surface area contributed by atoms with E-state index in [1.54, 1.807) is 24.5 Å². The van der Waals surface area contributed by atoms with E-state index in [9.17, 15) is 10.1 Å². The molecule has 92 valence electrons. The van der Waals surface area contributed by atoms with Crippen LogP contribution in [0.15, 0.2) is 48.8 Å². The van der Waals surface area contributed by atoms with Crippen molar-refractivity contribution in [3.63, 3.8) is 0 Å². The maximum atomic E-state index is 10.5. The fraction of sp³-hybridized carbons (Fsp3) is 0.154. The topological polar surface area (TPSA) is 82.0 Å². The van der Waals surface area contributed by atoms with Crippen molar-refractivity contribution < 1.29 is 4.92 Å².